The van der Waals surface area contributed by atoms with E-state index in [1.165, 1.54) is 0 Å². The van der Waals surface area contributed by atoms with Crippen LogP contribution in [0.3, 0.4) is 0 Å². The maximum absolute atomic E-state index is 12.6. The van der Waals surface area contributed by atoms with Crippen molar-refractivity contribution in [3.8, 4) is 17.1 Å². The van der Waals surface area contributed by atoms with Crippen molar-refractivity contribution in [2.24, 2.45) is 0 Å². The number of rotatable bonds is 5. The maximum atomic E-state index is 12.6. The molecular weight excluding hydrogens is 300 g/mol. The van der Waals surface area contributed by atoms with Crippen molar-refractivity contribution in [2.45, 2.75) is 20.3 Å². The number of aryl methyl sites for hydroxylation is 1. The van der Waals surface area contributed by atoms with E-state index in [9.17, 15) is 4.79 Å². The molecule has 3 rings (SSSR count). The molecule has 0 spiro atoms. The first kappa shape index (κ1) is 16.0. The molecule has 0 saturated carbocycles. The third-order valence-corrected chi connectivity index (χ3v) is 3.80. The van der Waals surface area contributed by atoms with Gasteiger partial charge in [-0.25, -0.2) is 9.78 Å². The molecule has 0 N–H and O–H groups in total. The zero-order chi connectivity index (χ0) is 16.9. The summed E-state index contributed by atoms with van der Waals surface area (Å²) in [6.07, 6.45) is 0.661. The van der Waals surface area contributed by atoms with Gasteiger partial charge >= 0.3 is 5.97 Å². The lowest BCUT2D eigenvalue weighted by atomic mass is 10.2. The molecule has 0 aliphatic rings. The van der Waals surface area contributed by atoms with E-state index in [4.69, 9.17) is 9.72 Å². The molecule has 0 fully saturated rings. The first-order valence-electron chi connectivity index (χ1n) is 8.15. The van der Waals surface area contributed by atoms with Gasteiger partial charge in [0.15, 0.2) is 5.69 Å². The molecule has 122 valence electrons. The van der Waals surface area contributed by atoms with Crippen LogP contribution in [-0.4, -0.2) is 22.1 Å². The highest BCUT2D eigenvalue weighted by atomic mass is 16.5. The predicted octanol–water partition coefficient (Wildman–Crippen LogP) is 4.28. The topological polar surface area (TPSA) is 44.1 Å². The summed E-state index contributed by atoms with van der Waals surface area (Å²) in [5.74, 6) is 0.412. The van der Waals surface area contributed by atoms with Gasteiger partial charge in [-0.15, -0.1) is 0 Å². The summed E-state index contributed by atoms with van der Waals surface area (Å²) < 4.78 is 7.18. The Bertz CT molecular complexity index is 824. The van der Waals surface area contributed by atoms with Gasteiger partial charge in [-0.05, 0) is 25.5 Å². The summed E-state index contributed by atoms with van der Waals surface area (Å²) in [7, 11) is 0. The first-order chi connectivity index (χ1) is 11.8. The van der Waals surface area contributed by atoms with Crippen molar-refractivity contribution in [2.75, 3.05) is 6.61 Å². The molecule has 0 amide bonds. The molecule has 2 aromatic carbocycles. The highest BCUT2D eigenvalue weighted by Crippen LogP contribution is 2.27. The number of esters is 1. The minimum atomic E-state index is -0.340. The van der Waals surface area contributed by atoms with E-state index in [-0.39, 0.29) is 5.97 Å². The lowest BCUT2D eigenvalue weighted by Crippen LogP contribution is -2.13. The number of nitrogens with zero attached hydrogens (tertiary/aromatic N) is 2. The third-order valence-electron chi connectivity index (χ3n) is 3.80. The number of aromatic nitrogens is 2. The normalized spacial score (nSPS) is 10.6. The number of benzene rings is 2. The maximum Gasteiger partial charge on any atom is 0.357 e. The molecule has 4 heteroatoms. The quantitative estimate of drug-likeness (QED) is 0.659. The van der Waals surface area contributed by atoms with Crippen molar-refractivity contribution in [1.82, 2.24) is 9.55 Å². The van der Waals surface area contributed by atoms with Crippen LogP contribution in [0.1, 0.15) is 30.0 Å². The summed E-state index contributed by atoms with van der Waals surface area (Å²) in [6, 6.07) is 19.7. The van der Waals surface area contributed by atoms with Crippen molar-refractivity contribution in [3.63, 3.8) is 0 Å². The largest absolute Gasteiger partial charge is 0.461 e. The van der Waals surface area contributed by atoms with Crippen LogP contribution in [0.4, 0.5) is 0 Å². The standard InChI is InChI=1S/C20H20N2O2/c1-3-17-18(20(23)24-4-2)22(16-13-9-6-10-14-16)19(21-17)15-11-7-5-8-12-15/h5-14H,3-4H2,1-2H3. The van der Waals surface area contributed by atoms with Crippen LogP contribution in [-0.2, 0) is 11.2 Å². The van der Waals surface area contributed by atoms with Gasteiger partial charge in [0.1, 0.15) is 5.82 Å². The number of para-hydroxylation sites is 1. The minimum Gasteiger partial charge on any atom is -0.461 e. The molecule has 24 heavy (non-hydrogen) atoms. The molecule has 0 atom stereocenters. The molecule has 0 bridgehead atoms. The second-order valence-electron chi connectivity index (χ2n) is 5.34. The number of hydrogen-bond acceptors (Lipinski definition) is 3. The number of carbonyl (C=O) groups is 1. The Morgan fingerprint density at radius 3 is 2.21 bits per heavy atom. The lowest BCUT2D eigenvalue weighted by molar-refractivity contribution is 0.0515. The van der Waals surface area contributed by atoms with Gasteiger partial charge in [-0.3, -0.25) is 4.57 Å². The molecule has 0 unspecified atom stereocenters. The van der Waals surface area contributed by atoms with E-state index in [1.54, 1.807) is 0 Å². The van der Waals surface area contributed by atoms with Crippen molar-refractivity contribution < 1.29 is 9.53 Å². The summed E-state index contributed by atoms with van der Waals surface area (Å²) in [5.41, 5.74) is 3.11. The fourth-order valence-electron chi connectivity index (χ4n) is 2.73. The zero-order valence-corrected chi connectivity index (χ0v) is 13.9. The van der Waals surface area contributed by atoms with E-state index < -0.39 is 0 Å². The fourth-order valence-corrected chi connectivity index (χ4v) is 2.73. The second-order valence-corrected chi connectivity index (χ2v) is 5.34. The van der Waals surface area contributed by atoms with E-state index in [2.05, 4.69) is 0 Å². The smallest absolute Gasteiger partial charge is 0.357 e. The van der Waals surface area contributed by atoms with Crippen molar-refractivity contribution >= 4 is 5.97 Å². The van der Waals surface area contributed by atoms with Gasteiger partial charge in [0, 0.05) is 11.3 Å². The number of hydrogen-bond donors (Lipinski definition) is 0. The van der Waals surface area contributed by atoms with Crippen LogP contribution in [0, 0.1) is 0 Å². The highest BCUT2D eigenvalue weighted by molar-refractivity contribution is 5.91. The van der Waals surface area contributed by atoms with Crippen molar-refractivity contribution in [3.05, 3.63) is 72.1 Å². The average Bonchev–Trinajstić information content (AvgIpc) is 3.03. The fraction of sp³-hybridized carbons (Fsp3) is 0.200. The lowest BCUT2D eigenvalue weighted by Gasteiger charge is -2.12. The Morgan fingerprint density at radius 1 is 1.00 bits per heavy atom. The van der Waals surface area contributed by atoms with Crippen LogP contribution < -0.4 is 0 Å². The van der Waals surface area contributed by atoms with Crippen LogP contribution >= 0.6 is 0 Å². The Balaban J connectivity index is 2.28. The molecule has 0 radical (unpaired) electrons. The average molecular weight is 320 g/mol. The van der Waals surface area contributed by atoms with Crippen LogP contribution in [0.25, 0.3) is 17.1 Å². The Morgan fingerprint density at radius 2 is 1.62 bits per heavy atom. The van der Waals surface area contributed by atoms with E-state index in [0.717, 1.165) is 22.8 Å². The van der Waals surface area contributed by atoms with Gasteiger partial charge in [0.25, 0.3) is 0 Å². The Hall–Kier alpha value is -2.88. The van der Waals surface area contributed by atoms with E-state index in [1.807, 2.05) is 79.1 Å². The molecule has 1 heterocycles. The second kappa shape index (κ2) is 7.13. The third kappa shape index (κ3) is 2.95. The minimum absolute atomic E-state index is 0.336. The monoisotopic (exact) mass is 320 g/mol. The predicted molar refractivity (Wildman–Crippen MR) is 94.3 cm³/mol. The van der Waals surface area contributed by atoms with E-state index >= 15 is 0 Å². The SMILES string of the molecule is CCOC(=O)c1c(CC)nc(-c2ccccc2)n1-c1ccccc1. The van der Waals surface area contributed by atoms with Crippen molar-refractivity contribution in [1.29, 1.82) is 0 Å². The van der Waals surface area contributed by atoms with Gasteiger partial charge in [0.05, 0.1) is 12.3 Å². The summed E-state index contributed by atoms with van der Waals surface area (Å²) in [6.45, 7) is 4.14. The van der Waals surface area contributed by atoms with Gasteiger partial charge < -0.3 is 4.74 Å². The molecule has 1 aromatic heterocycles. The first-order valence-corrected chi connectivity index (χ1v) is 8.15. The molecular formula is C20H20N2O2. The Kier molecular flexibility index (Phi) is 4.75. The molecule has 0 aliphatic carbocycles. The number of carbonyl (C=O) groups excluding carboxylic acids is 1. The molecule has 4 nitrogen and oxygen atoms in total. The van der Waals surface area contributed by atoms with Gasteiger partial charge in [0.2, 0.25) is 0 Å². The molecule has 3 aromatic rings. The highest BCUT2D eigenvalue weighted by Gasteiger charge is 2.24. The Labute approximate surface area is 141 Å². The summed E-state index contributed by atoms with van der Waals surface area (Å²) in [5, 5.41) is 0. The molecule has 0 saturated heterocycles. The van der Waals surface area contributed by atoms with Crippen LogP contribution in [0.15, 0.2) is 60.7 Å². The summed E-state index contributed by atoms with van der Waals surface area (Å²) >= 11 is 0. The van der Waals surface area contributed by atoms with E-state index in [0.29, 0.717) is 18.7 Å². The summed E-state index contributed by atoms with van der Waals surface area (Å²) in [4.78, 5) is 17.3. The van der Waals surface area contributed by atoms with Crippen LogP contribution in [0.2, 0.25) is 0 Å². The van der Waals surface area contributed by atoms with Gasteiger partial charge in [-0.1, -0.05) is 55.5 Å². The van der Waals surface area contributed by atoms with Gasteiger partial charge in [-0.2, -0.15) is 0 Å². The zero-order valence-electron chi connectivity index (χ0n) is 13.9. The molecule has 0 aliphatic heterocycles. The number of imidazole rings is 1. The van der Waals surface area contributed by atoms with Crippen LogP contribution in [0.5, 0.6) is 0 Å². The number of ether oxygens (including phenoxy) is 1.